The Bertz CT molecular complexity index is 770. The molecular weight excluding hydrogens is 310 g/mol. The van der Waals surface area contributed by atoms with Crippen LogP contribution in [0.2, 0.25) is 0 Å². The van der Waals surface area contributed by atoms with Gasteiger partial charge in [-0.05, 0) is 38.3 Å². The van der Waals surface area contributed by atoms with Crippen LogP contribution >= 0.6 is 0 Å². The molecule has 122 valence electrons. The number of piperidine rings is 1. The molecule has 23 heavy (non-hydrogen) atoms. The molecule has 0 amide bonds. The second kappa shape index (κ2) is 6.66. The number of benzene rings is 1. The lowest BCUT2D eigenvalue weighted by atomic mass is 10.1. The number of aromatic nitrogens is 2. The van der Waals surface area contributed by atoms with Gasteiger partial charge in [-0.25, -0.2) is 18.4 Å². The maximum atomic E-state index is 12.5. The van der Waals surface area contributed by atoms with Crippen LogP contribution in [0.3, 0.4) is 0 Å². The average molecular weight is 331 g/mol. The summed E-state index contributed by atoms with van der Waals surface area (Å²) >= 11 is 0. The number of sulfone groups is 1. The van der Waals surface area contributed by atoms with E-state index in [-0.39, 0.29) is 5.75 Å². The average Bonchev–Trinajstić information content (AvgIpc) is 2.55. The van der Waals surface area contributed by atoms with E-state index in [1.165, 1.54) is 6.42 Å². The first-order valence-corrected chi connectivity index (χ1v) is 9.57. The Labute approximate surface area is 137 Å². The molecule has 1 fully saturated rings. The zero-order valence-corrected chi connectivity index (χ0v) is 14.1. The second-order valence-electron chi connectivity index (χ2n) is 5.88. The van der Waals surface area contributed by atoms with Gasteiger partial charge in [-0.3, -0.25) is 0 Å². The van der Waals surface area contributed by atoms with Crippen LogP contribution in [-0.2, 0) is 15.6 Å². The maximum Gasteiger partial charge on any atom is 0.184 e. The number of hydrogen-bond donors (Lipinski definition) is 0. The van der Waals surface area contributed by atoms with Crippen molar-refractivity contribution in [1.29, 1.82) is 0 Å². The van der Waals surface area contributed by atoms with Gasteiger partial charge in [0.2, 0.25) is 0 Å². The van der Waals surface area contributed by atoms with Crippen LogP contribution in [0, 0.1) is 6.92 Å². The van der Waals surface area contributed by atoms with Crippen molar-refractivity contribution < 1.29 is 8.42 Å². The molecule has 2 heterocycles. The smallest absolute Gasteiger partial charge is 0.184 e. The molecule has 0 saturated carbocycles. The van der Waals surface area contributed by atoms with E-state index >= 15 is 0 Å². The van der Waals surface area contributed by atoms with Crippen LogP contribution < -0.4 is 4.90 Å². The molecule has 0 unspecified atom stereocenters. The highest BCUT2D eigenvalue weighted by molar-refractivity contribution is 7.90. The minimum absolute atomic E-state index is 0.0960. The van der Waals surface area contributed by atoms with E-state index < -0.39 is 9.84 Å². The van der Waals surface area contributed by atoms with Gasteiger partial charge >= 0.3 is 0 Å². The van der Waals surface area contributed by atoms with Gasteiger partial charge in [0.05, 0.1) is 16.3 Å². The topological polar surface area (TPSA) is 63.2 Å². The molecule has 0 spiro atoms. The predicted octanol–water partition coefficient (Wildman–Crippen LogP) is 2.75. The highest BCUT2D eigenvalue weighted by atomic mass is 32.2. The lowest BCUT2D eigenvalue weighted by Crippen LogP contribution is -2.30. The van der Waals surface area contributed by atoms with E-state index in [4.69, 9.17) is 0 Å². The molecule has 1 aromatic carbocycles. The molecule has 0 atom stereocenters. The van der Waals surface area contributed by atoms with Gasteiger partial charge < -0.3 is 4.90 Å². The van der Waals surface area contributed by atoms with E-state index in [9.17, 15) is 8.42 Å². The van der Waals surface area contributed by atoms with Gasteiger partial charge in [0.1, 0.15) is 11.6 Å². The molecule has 0 bridgehead atoms. The molecule has 3 rings (SSSR count). The number of aryl methyl sites for hydroxylation is 1. The number of hydrogen-bond acceptors (Lipinski definition) is 5. The Morgan fingerprint density at radius 3 is 2.43 bits per heavy atom. The van der Waals surface area contributed by atoms with E-state index in [0.29, 0.717) is 16.4 Å². The Kier molecular flexibility index (Phi) is 4.61. The third-order valence-corrected chi connectivity index (χ3v) is 5.66. The molecule has 2 aromatic rings. The maximum absolute atomic E-state index is 12.5. The van der Waals surface area contributed by atoms with Crippen molar-refractivity contribution in [2.24, 2.45) is 0 Å². The summed E-state index contributed by atoms with van der Waals surface area (Å²) in [5, 5.41) is 0. The summed E-state index contributed by atoms with van der Waals surface area (Å²) in [6.45, 7) is 3.76. The van der Waals surface area contributed by atoms with E-state index in [2.05, 4.69) is 14.9 Å². The summed E-state index contributed by atoms with van der Waals surface area (Å²) in [4.78, 5) is 11.4. The van der Waals surface area contributed by atoms with Crippen molar-refractivity contribution >= 4 is 15.7 Å². The van der Waals surface area contributed by atoms with Crippen molar-refractivity contribution in [2.75, 3.05) is 18.0 Å². The quantitative estimate of drug-likeness (QED) is 0.862. The number of nitrogens with zero attached hydrogens (tertiary/aromatic N) is 3. The summed E-state index contributed by atoms with van der Waals surface area (Å²) in [5.41, 5.74) is 0.557. The minimum Gasteiger partial charge on any atom is -0.357 e. The van der Waals surface area contributed by atoms with E-state index in [1.807, 2.05) is 19.1 Å². The minimum atomic E-state index is -3.39. The van der Waals surface area contributed by atoms with E-state index in [1.54, 1.807) is 24.3 Å². The van der Waals surface area contributed by atoms with Gasteiger partial charge in [-0.2, -0.15) is 0 Å². The number of rotatable bonds is 4. The summed E-state index contributed by atoms with van der Waals surface area (Å²) in [6.07, 6.45) is 3.55. The van der Waals surface area contributed by atoms with Crippen LogP contribution in [0.4, 0.5) is 5.82 Å². The van der Waals surface area contributed by atoms with Crippen LogP contribution in [0.1, 0.15) is 30.8 Å². The predicted molar refractivity (Wildman–Crippen MR) is 90.2 cm³/mol. The van der Waals surface area contributed by atoms with Gasteiger partial charge in [0.15, 0.2) is 9.84 Å². The fraction of sp³-hybridized carbons (Fsp3) is 0.412. The standard InChI is InChI=1S/C17H21N3O2S/c1-14-18-15(12-17(19-14)20-10-6-3-7-11-20)13-23(21,22)16-8-4-2-5-9-16/h2,4-5,8-9,12H,3,6-7,10-11,13H2,1H3. The van der Waals surface area contributed by atoms with Gasteiger partial charge in [-0.15, -0.1) is 0 Å². The summed E-state index contributed by atoms with van der Waals surface area (Å²) < 4.78 is 25.1. The van der Waals surface area contributed by atoms with Crippen LogP contribution in [0.25, 0.3) is 0 Å². The number of anilines is 1. The van der Waals surface area contributed by atoms with Crippen molar-refractivity contribution in [3.8, 4) is 0 Å². The second-order valence-corrected chi connectivity index (χ2v) is 7.87. The largest absolute Gasteiger partial charge is 0.357 e. The Balaban J connectivity index is 1.87. The van der Waals surface area contributed by atoms with Crippen molar-refractivity contribution in [1.82, 2.24) is 9.97 Å². The Morgan fingerprint density at radius 1 is 1.04 bits per heavy atom. The lowest BCUT2D eigenvalue weighted by molar-refractivity contribution is 0.572. The molecule has 0 aliphatic carbocycles. The Morgan fingerprint density at radius 2 is 1.74 bits per heavy atom. The van der Waals surface area contributed by atoms with Crippen molar-refractivity contribution in [3.63, 3.8) is 0 Å². The summed E-state index contributed by atoms with van der Waals surface area (Å²) in [5.74, 6) is 1.36. The fourth-order valence-electron chi connectivity index (χ4n) is 2.88. The molecule has 6 heteroatoms. The SMILES string of the molecule is Cc1nc(CS(=O)(=O)c2ccccc2)cc(N2CCCCC2)n1. The van der Waals surface area contributed by atoms with Gasteiger partial charge in [0, 0.05) is 19.2 Å². The molecule has 0 N–H and O–H groups in total. The first-order chi connectivity index (χ1) is 11.0. The molecule has 5 nitrogen and oxygen atoms in total. The Hall–Kier alpha value is -1.95. The van der Waals surface area contributed by atoms with Crippen LogP contribution in [0.5, 0.6) is 0 Å². The molecule has 0 radical (unpaired) electrons. The molecular formula is C17H21N3O2S. The monoisotopic (exact) mass is 331 g/mol. The zero-order chi connectivity index (χ0) is 16.3. The third kappa shape index (κ3) is 3.88. The first kappa shape index (κ1) is 15.9. The van der Waals surface area contributed by atoms with E-state index in [0.717, 1.165) is 31.7 Å². The van der Waals surface area contributed by atoms with Crippen molar-refractivity contribution in [2.45, 2.75) is 36.8 Å². The summed E-state index contributed by atoms with van der Waals surface area (Å²) in [7, 11) is -3.39. The molecule has 1 aliphatic rings. The van der Waals surface area contributed by atoms with Crippen LogP contribution in [-0.4, -0.2) is 31.5 Å². The lowest BCUT2D eigenvalue weighted by Gasteiger charge is -2.28. The van der Waals surface area contributed by atoms with Gasteiger partial charge in [0.25, 0.3) is 0 Å². The molecule has 1 aliphatic heterocycles. The molecule has 1 saturated heterocycles. The van der Waals surface area contributed by atoms with Crippen molar-refractivity contribution in [3.05, 3.63) is 47.9 Å². The summed E-state index contributed by atoms with van der Waals surface area (Å²) in [6, 6.07) is 10.3. The molecule has 1 aromatic heterocycles. The van der Waals surface area contributed by atoms with Gasteiger partial charge in [-0.1, -0.05) is 18.2 Å². The zero-order valence-electron chi connectivity index (χ0n) is 13.3. The normalized spacial score (nSPS) is 15.6. The fourth-order valence-corrected chi connectivity index (χ4v) is 4.15. The first-order valence-electron chi connectivity index (χ1n) is 7.92. The highest BCUT2D eigenvalue weighted by Crippen LogP contribution is 2.21. The highest BCUT2D eigenvalue weighted by Gasteiger charge is 2.19. The third-order valence-electron chi connectivity index (χ3n) is 4.00. The van der Waals surface area contributed by atoms with Crippen LogP contribution in [0.15, 0.2) is 41.3 Å².